The summed E-state index contributed by atoms with van der Waals surface area (Å²) in [6.45, 7) is 5.02. The first-order valence-electron chi connectivity index (χ1n) is 13.0. The number of sulfonamides is 1. The standard InChI is InChI=1S/C30H37N3O6S/c1-22(2)31-30(35)23(3)32(19-18-24-12-8-6-9-13-24)29(34)21-33(40(36,37)26-14-10-7-11-15-26)25-16-17-27(38-4)28(20-25)39-5/h6-17,20,22-23H,18-19,21H2,1-5H3,(H,31,35). The molecule has 0 radical (unpaired) electrons. The van der Waals surface area contributed by atoms with E-state index in [1.807, 2.05) is 44.2 Å². The third-order valence-corrected chi connectivity index (χ3v) is 8.14. The molecule has 0 aliphatic rings. The van der Waals surface area contributed by atoms with Gasteiger partial charge in [0.05, 0.1) is 24.8 Å². The van der Waals surface area contributed by atoms with Crippen LogP contribution in [-0.4, -0.2) is 64.5 Å². The molecule has 10 heteroatoms. The molecule has 40 heavy (non-hydrogen) atoms. The lowest BCUT2D eigenvalue weighted by Gasteiger charge is -2.32. The van der Waals surface area contributed by atoms with Gasteiger partial charge in [-0.25, -0.2) is 8.42 Å². The Balaban J connectivity index is 2.02. The van der Waals surface area contributed by atoms with E-state index in [4.69, 9.17) is 9.47 Å². The van der Waals surface area contributed by atoms with Crippen molar-refractivity contribution in [3.05, 3.63) is 84.4 Å². The lowest BCUT2D eigenvalue weighted by Crippen LogP contribution is -2.53. The Bertz CT molecular complexity index is 1380. The third kappa shape index (κ3) is 7.53. The smallest absolute Gasteiger partial charge is 0.264 e. The number of amides is 2. The molecule has 1 N–H and O–H groups in total. The predicted molar refractivity (Wildman–Crippen MR) is 155 cm³/mol. The van der Waals surface area contributed by atoms with Crippen molar-refractivity contribution < 1.29 is 27.5 Å². The van der Waals surface area contributed by atoms with Gasteiger partial charge in [-0.05, 0) is 57.0 Å². The number of hydrogen-bond donors (Lipinski definition) is 1. The van der Waals surface area contributed by atoms with E-state index in [1.165, 1.54) is 37.3 Å². The summed E-state index contributed by atoms with van der Waals surface area (Å²) in [4.78, 5) is 28.3. The number of rotatable bonds is 13. The molecule has 0 saturated heterocycles. The predicted octanol–water partition coefficient (Wildman–Crippen LogP) is 3.88. The minimum Gasteiger partial charge on any atom is -0.493 e. The van der Waals surface area contributed by atoms with Crippen molar-refractivity contribution in [3.8, 4) is 11.5 Å². The van der Waals surface area contributed by atoms with Gasteiger partial charge in [-0.1, -0.05) is 48.5 Å². The maximum absolute atomic E-state index is 13.9. The van der Waals surface area contributed by atoms with Crippen LogP contribution in [0.2, 0.25) is 0 Å². The Hall–Kier alpha value is -4.05. The molecule has 214 valence electrons. The van der Waals surface area contributed by atoms with Crippen molar-refractivity contribution in [3.63, 3.8) is 0 Å². The van der Waals surface area contributed by atoms with Gasteiger partial charge in [0.1, 0.15) is 12.6 Å². The van der Waals surface area contributed by atoms with Crippen molar-refractivity contribution in [1.29, 1.82) is 0 Å². The Morgan fingerprint density at radius 3 is 2.02 bits per heavy atom. The minimum atomic E-state index is -4.17. The van der Waals surface area contributed by atoms with Crippen LogP contribution in [0.1, 0.15) is 26.3 Å². The lowest BCUT2D eigenvalue weighted by molar-refractivity contribution is -0.139. The molecular formula is C30H37N3O6S. The number of hydrogen-bond acceptors (Lipinski definition) is 6. The van der Waals surface area contributed by atoms with E-state index in [-0.39, 0.29) is 29.1 Å². The number of methoxy groups -OCH3 is 2. The van der Waals surface area contributed by atoms with E-state index in [2.05, 4.69) is 5.32 Å². The molecule has 0 aliphatic heterocycles. The summed E-state index contributed by atoms with van der Waals surface area (Å²) in [6, 6.07) is 21.2. The SMILES string of the molecule is COc1ccc(N(CC(=O)N(CCc2ccccc2)C(C)C(=O)NC(C)C)S(=O)(=O)c2ccccc2)cc1OC. The van der Waals surface area contributed by atoms with Crippen LogP contribution in [0.5, 0.6) is 11.5 Å². The van der Waals surface area contributed by atoms with Crippen molar-refractivity contribution >= 4 is 27.5 Å². The van der Waals surface area contributed by atoms with E-state index in [1.54, 1.807) is 37.3 Å². The summed E-state index contributed by atoms with van der Waals surface area (Å²) in [5, 5.41) is 2.85. The van der Waals surface area contributed by atoms with Gasteiger partial charge >= 0.3 is 0 Å². The zero-order valence-electron chi connectivity index (χ0n) is 23.5. The molecule has 0 saturated carbocycles. The summed E-state index contributed by atoms with van der Waals surface area (Å²) in [5.41, 5.74) is 1.21. The molecule has 3 aromatic carbocycles. The number of benzene rings is 3. The first kappa shape index (κ1) is 30.5. The first-order chi connectivity index (χ1) is 19.1. The van der Waals surface area contributed by atoms with Crippen LogP contribution in [0, 0.1) is 0 Å². The third-order valence-electron chi connectivity index (χ3n) is 6.35. The van der Waals surface area contributed by atoms with Gasteiger partial charge in [-0.15, -0.1) is 0 Å². The Morgan fingerprint density at radius 1 is 0.850 bits per heavy atom. The fraction of sp³-hybridized carbons (Fsp3) is 0.333. The van der Waals surface area contributed by atoms with Gasteiger partial charge < -0.3 is 19.7 Å². The fourth-order valence-electron chi connectivity index (χ4n) is 4.20. The summed E-state index contributed by atoms with van der Waals surface area (Å²) in [7, 11) is -1.24. The van der Waals surface area contributed by atoms with Gasteiger partial charge in [0.25, 0.3) is 10.0 Å². The molecular weight excluding hydrogens is 530 g/mol. The number of ether oxygens (including phenoxy) is 2. The van der Waals surface area contributed by atoms with Crippen molar-refractivity contribution in [2.45, 2.75) is 44.2 Å². The Labute approximate surface area is 236 Å². The molecule has 0 spiro atoms. The highest BCUT2D eigenvalue weighted by molar-refractivity contribution is 7.92. The topological polar surface area (TPSA) is 105 Å². The van der Waals surface area contributed by atoms with Gasteiger partial charge in [0.15, 0.2) is 11.5 Å². The molecule has 3 aromatic rings. The highest BCUT2D eigenvalue weighted by Crippen LogP contribution is 2.34. The van der Waals surface area contributed by atoms with Crippen molar-refractivity contribution in [2.75, 3.05) is 31.6 Å². The quantitative estimate of drug-likeness (QED) is 0.336. The maximum atomic E-state index is 13.9. The van der Waals surface area contributed by atoms with Gasteiger partial charge in [0, 0.05) is 18.7 Å². The van der Waals surface area contributed by atoms with Crippen LogP contribution in [0.4, 0.5) is 5.69 Å². The molecule has 9 nitrogen and oxygen atoms in total. The van der Waals surface area contributed by atoms with Crippen LogP contribution in [0.25, 0.3) is 0 Å². The molecule has 0 bridgehead atoms. The second-order valence-electron chi connectivity index (χ2n) is 9.53. The van der Waals surface area contributed by atoms with E-state index >= 15 is 0 Å². The van der Waals surface area contributed by atoms with Crippen LogP contribution < -0.4 is 19.1 Å². The van der Waals surface area contributed by atoms with Crippen molar-refractivity contribution in [2.24, 2.45) is 0 Å². The molecule has 1 atom stereocenters. The van der Waals surface area contributed by atoms with Crippen LogP contribution >= 0.6 is 0 Å². The molecule has 0 heterocycles. The van der Waals surface area contributed by atoms with Crippen LogP contribution in [0.15, 0.2) is 83.8 Å². The summed E-state index contributed by atoms with van der Waals surface area (Å²) in [5.74, 6) is -0.110. The first-order valence-corrected chi connectivity index (χ1v) is 14.5. The molecule has 3 rings (SSSR count). The second kappa shape index (κ2) is 13.8. The van der Waals surface area contributed by atoms with E-state index < -0.39 is 28.5 Å². The number of anilines is 1. The highest BCUT2D eigenvalue weighted by Gasteiger charge is 2.32. The molecule has 1 unspecified atom stereocenters. The zero-order chi connectivity index (χ0) is 29.3. The summed E-state index contributed by atoms with van der Waals surface area (Å²) in [6.07, 6.45) is 0.494. The second-order valence-corrected chi connectivity index (χ2v) is 11.4. The van der Waals surface area contributed by atoms with Crippen LogP contribution in [-0.2, 0) is 26.0 Å². The van der Waals surface area contributed by atoms with Gasteiger partial charge in [0.2, 0.25) is 11.8 Å². The zero-order valence-corrected chi connectivity index (χ0v) is 24.4. The summed E-state index contributed by atoms with van der Waals surface area (Å²) >= 11 is 0. The number of carbonyl (C=O) groups excluding carboxylic acids is 2. The maximum Gasteiger partial charge on any atom is 0.264 e. The Kier molecular flexibility index (Phi) is 10.6. The van der Waals surface area contributed by atoms with Gasteiger partial charge in [-0.2, -0.15) is 0 Å². The fourth-order valence-corrected chi connectivity index (χ4v) is 5.63. The lowest BCUT2D eigenvalue weighted by atomic mass is 10.1. The average Bonchev–Trinajstić information content (AvgIpc) is 2.96. The highest BCUT2D eigenvalue weighted by atomic mass is 32.2. The largest absolute Gasteiger partial charge is 0.493 e. The van der Waals surface area contributed by atoms with Crippen molar-refractivity contribution in [1.82, 2.24) is 10.2 Å². The summed E-state index contributed by atoms with van der Waals surface area (Å²) < 4.78 is 39.5. The minimum absolute atomic E-state index is 0.0269. The monoisotopic (exact) mass is 567 g/mol. The molecule has 0 aromatic heterocycles. The number of nitrogens with zero attached hydrogens (tertiary/aromatic N) is 2. The van der Waals surface area contributed by atoms with E-state index in [0.717, 1.165) is 9.87 Å². The number of carbonyl (C=O) groups is 2. The average molecular weight is 568 g/mol. The molecule has 0 fully saturated rings. The number of nitrogens with one attached hydrogen (secondary N) is 1. The van der Waals surface area contributed by atoms with E-state index in [0.29, 0.717) is 17.9 Å². The van der Waals surface area contributed by atoms with Gasteiger partial charge in [-0.3, -0.25) is 13.9 Å². The molecule has 0 aliphatic carbocycles. The normalized spacial score (nSPS) is 11.9. The Morgan fingerprint density at radius 2 is 1.45 bits per heavy atom. The van der Waals surface area contributed by atoms with E-state index in [9.17, 15) is 18.0 Å². The van der Waals surface area contributed by atoms with Crippen LogP contribution in [0.3, 0.4) is 0 Å². The molecule has 2 amide bonds.